The number of ether oxygens (including phenoxy) is 1. The predicted octanol–water partition coefficient (Wildman–Crippen LogP) is 3.65. The number of hydrogen-bond acceptors (Lipinski definition) is 3. The average Bonchev–Trinajstić information content (AvgIpc) is 2.88. The van der Waals surface area contributed by atoms with Gasteiger partial charge < -0.3 is 4.74 Å². The topological polar surface area (TPSA) is 46.6 Å². The summed E-state index contributed by atoms with van der Waals surface area (Å²) in [6.07, 6.45) is 3.19. The fraction of sp³-hybridized carbons (Fsp3) is 0.579. The van der Waals surface area contributed by atoms with Crippen molar-refractivity contribution < 1.29 is 14.3 Å². The summed E-state index contributed by atoms with van der Waals surface area (Å²) in [5.41, 5.74) is 1.12. The second-order valence-corrected chi connectivity index (χ2v) is 7.13. The van der Waals surface area contributed by atoms with Gasteiger partial charge in [-0.2, -0.15) is 0 Å². The largest absolute Gasteiger partial charge is 0.447 e. The highest BCUT2D eigenvalue weighted by Gasteiger charge is 2.43. The number of nitrogens with zero attached hydrogens (tertiary/aromatic N) is 1. The van der Waals surface area contributed by atoms with Crippen molar-refractivity contribution in [3.63, 3.8) is 0 Å². The third kappa shape index (κ3) is 3.41. The highest BCUT2D eigenvalue weighted by atomic mass is 16.6. The molecule has 0 aromatic heterocycles. The van der Waals surface area contributed by atoms with E-state index in [9.17, 15) is 9.59 Å². The lowest BCUT2D eigenvalue weighted by molar-refractivity contribution is -0.136. The highest BCUT2D eigenvalue weighted by Crippen LogP contribution is 2.35. The predicted molar refractivity (Wildman–Crippen MR) is 87.8 cm³/mol. The molecule has 1 unspecified atom stereocenters. The number of hydrogen-bond donors (Lipinski definition) is 0. The molecular formula is C19H25NO3. The first-order valence-electron chi connectivity index (χ1n) is 8.60. The van der Waals surface area contributed by atoms with Crippen LogP contribution < -0.4 is 0 Å². The Hall–Kier alpha value is -1.84. The van der Waals surface area contributed by atoms with Gasteiger partial charge in [0.15, 0.2) is 0 Å². The van der Waals surface area contributed by atoms with Gasteiger partial charge >= 0.3 is 6.09 Å². The van der Waals surface area contributed by atoms with E-state index in [-0.39, 0.29) is 17.9 Å². The van der Waals surface area contributed by atoms with Crippen molar-refractivity contribution in [3.8, 4) is 0 Å². The standard InChI is InChI=1S/C19H25NO3/c1-13-8-9-17(14(2)10-13)18(21)20-16(12-23-19(20)22)11-15-6-4-3-5-7-15/h3-7,13-14,16-17H,8-12H2,1-2H3/t13-,14-,16?,17-/m0/s1. The Morgan fingerprint density at radius 1 is 1.22 bits per heavy atom. The van der Waals surface area contributed by atoms with E-state index in [0.717, 1.165) is 24.8 Å². The molecule has 0 radical (unpaired) electrons. The molecule has 4 atom stereocenters. The number of carbonyl (C=O) groups is 2. The van der Waals surface area contributed by atoms with Crippen molar-refractivity contribution in [2.24, 2.45) is 17.8 Å². The van der Waals surface area contributed by atoms with Crippen molar-refractivity contribution in [2.75, 3.05) is 6.61 Å². The number of benzene rings is 1. The smallest absolute Gasteiger partial charge is 0.416 e. The maximum atomic E-state index is 13.0. The number of imide groups is 1. The second-order valence-electron chi connectivity index (χ2n) is 7.13. The van der Waals surface area contributed by atoms with Gasteiger partial charge in [-0.15, -0.1) is 0 Å². The van der Waals surface area contributed by atoms with Crippen LogP contribution in [0, 0.1) is 17.8 Å². The summed E-state index contributed by atoms with van der Waals surface area (Å²) in [4.78, 5) is 26.5. The molecule has 1 saturated heterocycles. The minimum atomic E-state index is -0.471. The molecule has 1 heterocycles. The van der Waals surface area contributed by atoms with Gasteiger partial charge in [-0.05, 0) is 43.1 Å². The van der Waals surface area contributed by atoms with E-state index in [1.807, 2.05) is 30.3 Å². The SMILES string of the molecule is C[C@H]1CC[C@H](C(=O)N2C(=O)OCC2Cc2ccccc2)[C@@H](C)C1. The molecule has 1 aliphatic heterocycles. The number of carbonyl (C=O) groups excluding carboxylic acids is 2. The van der Waals surface area contributed by atoms with E-state index < -0.39 is 6.09 Å². The maximum Gasteiger partial charge on any atom is 0.416 e. The molecule has 1 aromatic rings. The van der Waals surface area contributed by atoms with Crippen LogP contribution in [0.2, 0.25) is 0 Å². The van der Waals surface area contributed by atoms with Crippen LogP contribution in [0.5, 0.6) is 0 Å². The van der Waals surface area contributed by atoms with Crippen LogP contribution in [0.15, 0.2) is 30.3 Å². The van der Waals surface area contributed by atoms with Crippen LogP contribution in [-0.2, 0) is 16.0 Å². The zero-order valence-corrected chi connectivity index (χ0v) is 13.9. The first-order valence-corrected chi connectivity index (χ1v) is 8.60. The van der Waals surface area contributed by atoms with E-state index in [1.165, 1.54) is 4.90 Å². The summed E-state index contributed by atoms with van der Waals surface area (Å²) >= 11 is 0. The summed E-state index contributed by atoms with van der Waals surface area (Å²) < 4.78 is 5.18. The molecule has 0 bridgehead atoms. The molecule has 3 rings (SSSR count). The van der Waals surface area contributed by atoms with Gasteiger partial charge in [0, 0.05) is 5.92 Å². The zero-order chi connectivity index (χ0) is 16.4. The Bertz CT molecular complexity index is 571. The molecule has 2 fully saturated rings. The lowest BCUT2D eigenvalue weighted by Crippen LogP contribution is -2.46. The number of rotatable bonds is 3. The lowest BCUT2D eigenvalue weighted by Gasteiger charge is -2.34. The maximum absolute atomic E-state index is 13.0. The molecule has 0 N–H and O–H groups in total. The van der Waals surface area contributed by atoms with Gasteiger partial charge in [0.25, 0.3) is 0 Å². The van der Waals surface area contributed by atoms with Crippen LogP contribution >= 0.6 is 0 Å². The molecule has 1 aliphatic carbocycles. The Balaban J connectivity index is 1.73. The molecule has 23 heavy (non-hydrogen) atoms. The van der Waals surface area contributed by atoms with E-state index in [4.69, 9.17) is 4.74 Å². The van der Waals surface area contributed by atoms with Crippen LogP contribution in [-0.4, -0.2) is 29.5 Å². The van der Waals surface area contributed by atoms with Crippen LogP contribution in [0.25, 0.3) is 0 Å². The van der Waals surface area contributed by atoms with Crippen molar-refractivity contribution in [3.05, 3.63) is 35.9 Å². The van der Waals surface area contributed by atoms with Crippen LogP contribution in [0.1, 0.15) is 38.7 Å². The minimum Gasteiger partial charge on any atom is -0.447 e. The van der Waals surface area contributed by atoms with Crippen molar-refractivity contribution in [1.82, 2.24) is 4.90 Å². The second kappa shape index (κ2) is 6.73. The van der Waals surface area contributed by atoms with Gasteiger partial charge in [-0.25, -0.2) is 9.69 Å². The van der Waals surface area contributed by atoms with Crippen molar-refractivity contribution in [2.45, 2.75) is 45.6 Å². The first kappa shape index (κ1) is 16.0. The minimum absolute atomic E-state index is 0.0344. The Kier molecular flexibility index (Phi) is 4.69. The summed E-state index contributed by atoms with van der Waals surface area (Å²) in [7, 11) is 0. The fourth-order valence-electron chi connectivity index (χ4n) is 3.98. The van der Waals surface area contributed by atoms with Gasteiger partial charge in [0.1, 0.15) is 6.61 Å². The molecule has 1 saturated carbocycles. The zero-order valence-electron chi connectivity index (χ0n) is 13.9. The van der Waals surface area contributed by atoms with E-state index in [2.05, 4.69) is 13.8 Å². The molecule has 4 nitrogen and oxygen atoms in total. The number of cyclic esters (lactones) is 1. The highest BCUT2D eigenvalue weighted by molar-refractivity contribution is 5.95. The Labute approximate surface area is 137 Å². The normalized spacial score (nSPS) is 31.0. The first-order chi connectivity index (χ1) is 11.1. The van der Waals surface area contributed by atoms with Crippen molar-refractivity contribution in [1.29, 1.82) is 0 Å². The van der Waals surface area contributed by atoms with Crippen molar-refractivity contribution >= 4 is 12.0 Å². The summed E-state index contributed by atoms with van der Waals surface area (Å²) in [5, 5.41) is 0. The Morgan fingerprint density at radius 2 is 1.96 bits per heavy atom. The Morgan fingerprint density at radius 3 is 2.65 bits per heavy atom. The summed E-state index contributed by atoms with van der Waals surface area (Å²) in [5.74, 6) is 0.916. The fourth-order valence-corrected chi connectivity index (χ4v) is 3.98. The monoisotopic (exact) mass is 315 g/mol. The van der Waals surface area contributed by atoms with Crippen LogP contribution in [0.3, 0.4) is 0 Å². The molecule has 1 aromatic carbocycles. The van der Waals surface area contributed by atoms with Gasteiger partial charge in [0.05, 0.1) is 6.04 Å². The molecule has 0 spiro atoms. The molecule has 4 heteroatoms. The average molecular weight is 315 g/mol. The molecule has 2 amide bonds. The quantitative estimate of drug-likeness (QED) is 0.855. The van der Waals surface area contributed by atoms with E-state index in [1.54, 1.807) is 0 Å². The third-order valence-electron chi connectivity index (χ3n) is 5.26. The molecular weight excluding hydrogens is 290 g/mol. The van der Waals surface area contributed by atoms with Gasteiger partial charge in [-0.1, -0.05) is 44.2 Å². The molecule has 124 valence electrons. The third-order valence-corrected chi connectivity index (χ3v) is 5.26. The number of amides is 2. The summed E-state index contributed by atoms with van der Waals surface area (Å²) in [6, 6.07) is 9.79. The van der Waals surface area contributed by atoms with Crippen LogP contribution in [0.4, 0.5) is 4.79 Å². The van der Waals surface area contributed by atoms with E-state index in [0.29, 0.717) is 24.9 Å². The van der Waals surface area contributed by atoms with E-state index >= 15 is 0 Å². The summed E-state index contributed by atoms with van der Waals surface area (Å²) in [6.45, 7) is 4.67. The molecule has 2 aliphatic rings. The lowest BCUT2D eigenvalue weighted by atomic mass is 9.75. The van der Waals surface area contributed by atoms with Gasteiger partial charge in [0.2, 0.25) is 5.91 Å². The van der Waals surface area contributed by atoms with Gasteiger partial charge in [-0.3, -0.25) is 4.79 Å².